The van der Waals surface area contributed by atoms with Crippen LogP contribution in [0.2, 0.25) is 5.02 Å². The molecule has 6 nitrogen and oxygen atoms in total. The minimum Gasteiger partial charge on any atom is -0.396 e. The molecule has 0 radical (unpaired) electrons. The molecule has 0 saturated carbocycles. The first-order valence-corrected chi connectivity index (χ1v) is 11.4. The van der Waals surface area contributed by atoms with Gasteiger partial charge >= 0.3 is 0 Å². The number of carbonyl (C=O) groups excluding carboxylic acids is 2. The van der Waals surface area contributed by atoms with Gasteiger partial charge in [-0.15, -0.1) is 0 Å². The molecular weight excluding hydrogens is 438 g/mol. The van der Waals surface area contributed by atoms with E-state index in [0.717, 1.165) is 29.7 Å². The van der Waals surface area contributed by atoms with Gasteiger partial charge in [0.1, 0.15) is 5.82 Å². The van der Waals surface area contributed by atoms with Crippen molar-refractivity contribution in [2.75, 3.05) is 23.4 Å². The van der Waals surface area contributed by atoms with E-state index in [4.69, 9.17) is 11.6 Å². The zero-order valence-corrected chi connectivity index (χ0v) is 19.2. The molecule has 1 aliphatic heterocycles. The van der Waals surface area contributed by atoms with Crippen LogP contribution in [0.1, 0.15) is 57.0 Å². The number of fused-ring (bicyclic) bond motifs is 1. The molecular formula is C26H26ClN3O3. The molecule has 4 rings (SSSR count). The molecule has 0 saturated heterocycles. The number of nitrogens with zero attached hydrogens (tertiary/aromatic N) is 2. The van der Waals surface area contributed by atoms with Crippen LogP contribution >= 0.6 is 11.6 Å². The van der Waals surface area contributed by atoms with E-state index in [9.17, 15) is 14.7 Å². The van der Waals surface area contributed by atoms with Crippen LogP contribution in [0.3, 0.4) is 0 Å². The van der Waals surface area contributed by atoms with Crippen LogP contribution in [-0.2, 0) is 0 Å². The summed E-state index contributed by atoms with van der Waals surface area (Å²) in [5.41, 5.74) is 3.69. The largest absolute Gasteiger partial charge is 0.396 e. The van der Waals surface area contributed by atoms with Crippen molar-refractivity contribution in [1.29, 1.82) is 0 Å². The van der Waals surface area contributed by atoms with Gasteiger partial charge in [0.05, 0.1) is 5.56 Å². The maximum atomic E-state index is 13.4. The minimum atomic E-state index is -0.243. The van der Waals surface area contributed by atoms with Crippen molar-refractivity contribution in [1.82, 2.24) is 4.98 Å². The summed E-state index contributed by atoms with van der Waals surface area (Å²) in [5, 5.41) is 12.9. The lowest BCUT2D eigenvalue weighted by Crippen LogP contribution is -2.32. The fourth-order valence-corrected chi connectivity index (χ4v) is 4.48. The summed E-state index contributed by atoms with van der Waals surface area (Å²) < 4.78 is 0. The lowest BCUT2D eigenvalue weighted by molar-refractivity contribution is 0.0985. The molecule has 1 atom stereocenters. The second-order valence-electron chi connectivity index (χ2n) is 8.21. The highest BCUT2D eigenvalue weighted by Gasteiger charge is 2.27. The number of aliphatic hydroxyl groups excluding tert-OH is 1. The highest BCUT2D eigenvalue weighted by atomic mass is 35.5. The molecule has 0 aliphatic carbocycles. The van der Waals surface area contributed by atoms with E-state index in [1.165, 1.54) is 6.20 Å². The molecule has 2 heterocycles. The van der Waals surface area contributed by atoms with E-state index in [-0.39, 0.29) is 24.3 Å². The fraction of sp³-hybridized carbons (Fsp3) is 0.269. The quantitative estimate of drug-likeness (QED) is 0.544. The van der Waals surface area contributed by atoms with E-state index in [2.05, 4.69) is 10.3 Å². The summed E-state index contributed by atoms with van der Waals surface area (Å²) >= 11 is 6.24. The number of pyridine rings is 1. The van der Waals surface area contributed by atoms with Crippen molar-refractivity contribution in [3.63, 3.8) is 0 Å². The molecule has 0 fully saturated rings. The number of aryl methyl sites for hydroxylation is 1. The van der Waals surface area contributed by atoms with E-state index in [1.807, 2.05) is 37.3 Å². The average Bonchev–Trinajstić information content (AvgIpc) is 2.99. The van der Waals surface area contributed by atoms with Crippen molar-refractivity contribution in [3.8, 4) is 0 Å². The standard InChI is InChI=1S/C26H26ClN3O3/c1-17-5-2-3-7-21(17)25(32)29-24-11-8-19(16-28-24)26(33)30-13-4-6-18(12-14-31)22-15-20(27)9-10-23(22)30/h2-3,5,7-11,15-16,18,31H,4,6,12-14H2,1H3,(H,28,29,32). The zero-order valence-electron chi connectivity index (χ0n) is 18.4. The normalized spacial score (nSPS) is 15.5. The van der Waals surface area contributed by atoms with Gasteiger partial charge in [-0.3, -0.25) is 9.59 Å². The topological polar surface area (TPSA) is 82.5 Å². The second kappa shape index (κ2) is 10.1. The number of hydrogen-bond donors (Lipinski definition) is 2. The first kappa shape index (κ1) is 23.0. The Morgan fingerprint density at radius 2 is 2.00 bits per heavy atom. The lowest BCUT2D eigenvalue weighted by Gasteiger charge is -2.24. The highest BCUT2D eigenvalue weighted by molar-refractivity contribution is 6.30. The maximum Gasteiger partial charge on any atom is 0.259 e. The molecule has 0 spiro atoms. The number of aromatic nitrogens is 1. The van der Waals surface area contributed by atoms with E-state index in [0.29, 0.717) is 34.9 Å². The Balaban J connectivity index is 1.55. The third-order valence-corrected chi connectivity index (χ3v) is 6.25. The van der Waals surface area contributed by atoms with Crippen molar-refractivity contribution in [3.05, 3.63) is 88.1 Å². The molecule has 7 heteroatoms. The Morgan fingerprint density at radius 1 is 1.18 bits per heavy atom. The van der Waals surface area contributed by atoms with Gasteiger partial charge in [-0.1, -0.05) is 29.8 Å². The number of halogens is 1. The van der Waals surface area contributed by atoms with Crippen molar-refractivity contribution < 1.29 is 14.7 Å². The fourth-order valence-electron chi connectivity index (χ4n) is 4.30. The van der Waals surface area contributed by atoms with Gasteiger partial charge in [0.25, 0.3) is 11.8 Å². The smallest absolute Gasteiger partial charge is 0.259 e. The number of amides is 2. The summed E-state index contributed by atoms with van der Waals surface area (Å²) in [5.74, 6) is 0.130. The number of carbonyl (C=O) groups is 2. The SMILES string of the molecule is Cc1ccccc1C(=O)Nc1ccc(C(=O)N2CCCC(CCO)c3cc(Cl)ccc32)cn1. The molecule has 2 N–H and O–H groups in total. The Morgan fingerprint density at radius 3 is 2.73 bits per heavy atom. The predicted octanol–water partition coefficient (Wildman–Crippen LogP) is 5.20. The van der Waals surface area contributed by atoms with Gasteiger partial charge in [0.15, 0.2) is 0 Å². The third kappa shape index (κ3) is 5.07. The summed E-state index contributed by atoms with van der Waals surface area (Å²) in [6.45, 7) is 2.53. The Hall–Kier alpha value is -3.22. The highest BCUT2D eigenvalue weighted by Crippen LogP contribution is 2.38. The molecule has 33 heavy (non-hydrogen) atoms. The number of benzene rings is 2. The first-order chi connectivity index (χ1) is 16.0. The molecule has 1 unspecified atom stereocenters. The Labute approximate surface area is 198 Å². The number of aliphatic hydroxyl groups is 1. The summed E-state index contributed by atoms with van der Waals surface area (Å²) in [6.07, 6.45) is 3.81. The van der Waals surface area contributed by atoms with Crippen LogP contribution in [0, 0.1) is 6.92 Å². The molecule has 2 aromatic carbocycles. The van der Waals surface area contributed by atoms with Crippen LogP contribution in [0.25, 0.3) is 0 Å². The summed E-state index contributed by atoms with van der Waals surface area (Å²) in [6, 6.07) is 16.2. The number of rotatable bonds is 5. The predicted molar refractivity (Wildman–Crippen MR) is 130 cm³/mol. The monoisotopic (exact) mass is 463 g/mol. The van der Waals surface area contributed by atoms with Gasteiger partial charge < -0.3 is 15.3 Å². The lowest BCUT2D eigenvalue weighted by atomic mass is 9.91. The first-order valence-electron chi connectivity index (χ1n) is 11.0. The van der Waals surface area contributed by atoms with Crippen LogP contribution < -0.4 is 10.2 Å². The van der Waals surface area contributed by atoms with Crippen LogP contribution in [-0.4, -0.2) is 35.1 Å². The van der Waals surface area contributed by atoms with E-state index >= 15 is 0 Å². The van der Waals surface area contributed by atoms with Gasteiger partial charge in [0.2, 0.25) is 0 Å². The summed E-state index contributed by atoms with van der Waals surface area (Å²) in [7, 11) is 0. The number of hydrogen-bond acceptors (Lipinski definition) is 4. The van der Waals surface area contributed by atoms with Crippen LogP contribution in [0.4, 0.5) is 11.5 Å². The number of anilines is 2. The molecule has 1 aliphatic rings. The van der Waals surface area contributed by atoms with Crippen LogP contribution in [0.5, 0.6) is 0 Å². The van der Waals surface area contributed by atoms with Gasteiger partial charge in [0, 0.05) is 35.6 Å². The van der Waals surface area contributed by atoms with Crippen molar-refractivity contribution in [2.24, 2.45) is 0 Å². The van der Waals surface area contributed by atoms with Gasteiger partial charge in [-0.05, 0) is 79.6 Å². The third-order valence-electron chi connectivity index (χ3n) is 6.02. The molecule has 170 valence electrons. The minimum absolute atomic E-state index is 0.0875. The van der Waals surface area contributed by atoms with Gasteiger partial charge in [-0.2, -0.15) is 0 Å². The van der Waals surface area contributed by atoms with Crippen molar-refractivity contribution in [2.45, 2.75) is 32.1 Å². The average molecular weight is 464 g/mol. The van der Waals surface area contributed by atoms with E-state index in [1.54, 1.807) is 29.2 Å². The van der Waals surface area contributed by atoms with E-state index < -0.39 is 0 Å². The molecule has 1 aromatic heterocycles. The molecule has 2 amide bonds. The molecule has 3 aromatic rings. The van der Waals surface area contributed by atoms with Gasteiger partial charge in [-0.25, -0.2) is 4.98 Å². The van der Waals surface area contributed by atoms with Crippen molar-refractivity contribution >= 4 is 34.9 Å². The summed E-state index contributed by atoms with van der Waals surface area (Å²) in [4.78, 5) is 32.0. The molecule has 0 bridgehead atoms. The Bertz CT molecular complexity index is 1160. The zero-order chi connectivity index (χ0) is 23.4. The second-order valence-corrected chi connectivity index (χ2v) is 8.65. The van der Waals surface area contributed by atoms with Crippen LogP contribution in [0.15, 0.2) is 60.8 Å². The number of nitrogens with one attached hydrogen (secondary N) is 1. The Kier molecular flexibility index (Phi) is 7.06. The maximum absolute atomic E-state index is 13.4.